The number of carbonyl (C=O) groups is 1. The molecule has 0 fully saturated rings. The Balaban J connectivity index is 2.55. The van der Waals surface area contributed by atoms with Gasteiger partial charge in [-0.3, -0.25) is 4.79 Å². The highest BCUT2D eigenvalue weighted by atomic mass is 16.5. The number of nitrogens with two attached hydrogens (primary N) is 1. The van der Waals surface area contributed by atoms with Gasteiger partial charge in [0.25, 0.3) is 5.91 Å². The number of methoxy groups -OCH3 is 2. The first-order valence-corrected chi connectivity index (χ1v) is 6.89. The van der Waals surface area contributed by atoms with Crippen molar-refractivity contribution in [3.63, 3.8) is 0 Å². The Morgan fingerprint density at radius 3 is 2.33 bits per heavy atom. The first-order chi connectivity index (χ1) is 10.2. The molecule has 0 heterocycles. The Hall–Kier alpha value is -1.63. The van der Waals surface area contributed by atoms with Gasteiger partial charge in [0.2, 0.25) is 0 Å². The monoisotopic (exact) mass is 296 g/mol. The summed E-state index contributed by atoms with van der Waals surface area (Å²) >= 11 is 0. The lowest BCUT2D eigenvalue weighted by atomic mass is 10.2. The summed E-state index contributed by atoms with van der Waals surface area (Å²) in [6.07, 6.45) is 0. The molecule has 0 aromatic heterocycles. The van der Waals surface area contributed by atoms with E-state index in [4.69, 9.17) is 19.9 Å². The number of hydrogen-bond donors (Lipinski definition) is 1. The molecule has 0 bridgehead atoms. The van der Waals surface area contributed by atoms with E-state index in [1.165, 1.54) is 0 Å². The Morgan fingerprint density at radius 1 is 1.14 bits per heavy atom. The minimum atomic E-state index is -0.101. The third-order valence-corrected chi connectivity index (χ3v) is 3.03. The number of amides is 1. The second-order valence-electron chi connectivity index (χ2n) is 4.47. The van der Waals surface area contributed by atoms with Gasteiger partial charge in [0.15, 0.2) is 6.61 Å². The smallest absolute Gasteiger partial charge is 0.260 e. The van der Waals surface area contributed by atoms with E-state index >= 15 is 0 Å². The van der Waals surface area contributed by atoms with Gasteiger partial charge >= 0.3 is 0 Å². The van der Waals surface area contributed by atoms with Crippen molar-refractivity contribution in [1.82, 2.24) is 4.90 Å². The minimum absolute atomic E-state index is 0.0234. The summed E-state index contributed by atoms with van der Waals surface area (Å²) in [6, 6.07) is 7.44. The van der Waals surface area contributed by atoms with Crippen LogP contribution in [0, 0.1) is 0 Å². The number of hydrogen-bond acceptors (Lipinski definition) is 5. The molecule has 2 N–H and O–H groups in total. The summed E-state index contributed by atoms with van der Waals surface area (Å²) in [5, 5.41) is 0. The zero-order chi connectivity index (χ0) is 15.5. The van der Waals surface area contributed by atoms with Crippen molar-refractivity contribution in [3.8, 4) is 5.75 Å². The van der Waals surface area contributed by atoms with Crippen molar-refractivity contribution >= 4 is 5.91 Å². The van der Waals surface area contributed by atoms with E-state index in [0.717, 1.165) is 5.56 Å². The molecule has 1 aromatic carbocycles. The van der Waals surface area contributed by atoms with E-state index in [-0.39, 0.29) is 12.5 Å². The molecular weight excluding hydrogens is 272 g/mol. The highest BCUT2D eigenvalue weighted by Gasteiger charge is 2.14. The van der Waals surface area contributed by atoms with Gasteiger partial charge in [0.05, 0.1) is 13.2 Å². The topological polar surface area (TPSA) is 74.0 Å². The minimum Gasteiger partial charge on any atom is -0.483 e. The SMILES string of the molecule is COCCN(CCOC)C(=O)COc1ccccc1CN. The van der Waals surface area contributed by atoms with Gasteiger partial charge in [-0.15, -0.1) is 0 Å². The Labute approximate surface area is 125 Å². The van der Waals surface area contributed by atoms with Crippen molar-refractivity contribution in [3.05, 3.63) is 29.8 Å². The van der Waals surface area contributed by atoms with Crippen LogP contribution in [0.2, 0.25) is 0 Å². The van der Waals surface area contributed by atoms with Crippen LogP contribution in [0.1, 0.15) is 5.56 Å². The Kier molecular flexibility index (Phi) is 8.42. The predicted octanol–water partition coefficient (Wildman–Crippen LogP) is 0.646. The third kappa shape index (κ3) is 6.12. The molecular formula is C15H24N2O4. The van der Waals surface area contributed by atoms with Crippen LogP contribution >= 0.6 is 0 Å². The van der Waals surface area contributed by atoms with E-state index in [9.17, 15) is 4.79 Å². The molecule has 0 aliphatic carbocycles. The van der Waals surface area contributed by atoms with Gasteiger partial charge in [-0.1, -0.05) is 18.2 Å². The maximum Gasteiger partial charge on any atom is 0.260 e. The van der Waals surface area contributed by atoms with Crippen molar-refractivity contribution in [2.24, 2.45) is 5.73 Å². The summed E-state index contributed by atoms with van der Waals surface area (Å²) in [6.45, 7) is 2.34. The lowest BCUT2D eigenvalue weighted by Gasteiger charge is -2.22. The van der Waals surface area contributed by atoms with Crippen molar-refractivity contribution in [2.75, 3.05) is 47.1 Å². The molecule has 1 aromatic rings. The molecule has 6 heteroatoms. The van der Waals surface area contributed by atoms with Gasteiger partial charge in [-0.25, -0.2) is 0 Å². The second-order valence-corrected chi connectivity index (χ2v) is 4.47. The highest BCUT2D eigenvalue weighted by molar-refractivity contribution is 5.77. The van der Waals surface area contributed by atoms with Crippen LogP contribution in [0.25, 0.3) is 0 Å². The average Bonchev–Trinajstić information content (AvgIpc) is 2.53. The van der Waals surface area contributed by atoms with Gasteiger partial charge in [-0.2, -0.15) is 0 Å². The second kappa shape index (κ2) is 10.1. The van der Waals surface area contributed by atoms with Crippen LogP contribution in [-0.2, 0) is 20.8 Å². The van der Waals surface area contributed by atoms with Crippen molar-refractivity contribution in [2.45, 2.75) is 6.54 Å². The molecule has 0 saturated heterocycles. The van der Waals surface area contributed by atoms with Crippen LogP contribution in [0.4, 0.5) is 0 Å². The molecule has 0 unspecified atom stereocenters. The van der Waals surface area contributed by atoms with Crippen LogP contribution < -0.4 is 10.5 Å². The van der Waals surface area contributed by atoms with E-state index < -0.39 is 0 Å². The molecule has 0 aliphatic rings. The standard InChI is InChI=1S/C15H24N2O4/c1-19-9-7-17(8-10-20-2)15(18)12-21-14-6-4-3-5-13(14)11-16/h3-6H,7-12,16H2,1-2H3. The molecule has 0 aliphatic heterocycles. The number of benzene rings is 1. The van der Waals surface area contributed by atoms with Crippen molar-refractivity contribution in [1.29, 1.82) is 0 Å². The Bertz CT molecular complexity index is 418. The van der Waals surface area contributed by atoms with Gasteiger partial charge < -0.3 is 24.8 Å². The van der Waals surface area contributed by atoms with E-state index in [2.05, 4.69) is 0 Å². The fourth-order valence-corrected chi connectivity index (χ4v) is 1.81. The van der Waals surface area contributed by atoms with E-state index in [0.29, 0.717) is 38.6 Å². The highest BCUT2D eigenvalue weighted by Crippen LogP contribution is 2.16. The number of rotatable bonds is 10. The summed E-state index contributed by atoms with van der Waals surface area (Å²) in [7, 11) is 3.21. The normalized spacial score (nSPS) is 10.4. The van der Waals surface area contributed by atoms with Crippen LogP contribution in [0.3, 0.4) is 0 Å². The summed E-state index contributed by atoms with van der Waals surface area (Å²) in [5.41, 5.74) is 6.52. The van der Waals surface area contributed by atoms with Crippen LogP contribution in [-0.4, -0.2) is 57.9 Å². The fraction of sp³-hybridized carbons (Fsp3) is 0.533. The Morgan fingerprint density at radius 2 is 1.76 bits per heavy atom. The largest absolute Gasteiger partial charge is 0.483 e. The number of carbonyl (C=O) groups excluding carboxylic acids is 1. The predicted molar refractivity (Wildman–Crippen MR) is 80.2 cm³/mol. The summed E-state index contributed by atoms with van der Waals surface area (Å²) in [5.74, 6) is 0.544. The van der Waals surface area contributed by atoms with Gasteiger partial charge in [0.1, 0.15) is 5.75 Å². The van der Waals surface area contributed by atoms with Crippen LogP contribution in [0.15, 0.2) is 24.3 Å². The fourth-order valence-electron chi connectivity index (χ4n) is 1.81. The van der Waals surface area contributed by atoms with Gasteiger partial charge in [0, 0.05) is 39.4 Å². The lowest BCUT2D eigenvalue weighted by molar-refractivity contribution is -0.134. The summed E-state index contributed by atoms with van der Waals surface area (Å²) < 4.78 is 15.6. The number of para-hydroxylation sites is 1. The molecule has 1 rings (SSSR count). The summed E-state index contributed by atoms with van der Waals surface area (Å²) in [4.78, 5) is 13.9. The van der Waals surface area contributed by atoms with Gasteiger partial charge in [-0.05, 0) is 6.07 Å². The molecule has 6 nitrogen and oxygen atoms in total. The van der Waals surface area contributed by atoms with E-state index in [1.54, 1.807) is 19.1 Å². The average molecular weight is 296 g/mol. The molecule has 0 atom stereocenters. The number of nitrogens with zero attached hydrogens (tertiary/aromatic N) is 1. The molecule has 118 valence electrons. The molecule has 0 spiro atoms. The molecule has 0 radical (unpaired) electrons. The first kappa shape index (κ1) is 17.4. The maximum atomic E-state index is 12.2. The number of ether oxygens (including phenoxy) is 3. The zero-order valence-corrected chi connectivity index (χ0v) is 12.7. The van der Waals surface area contributed by atoms with Crippen molar-refractivity contribution < 1.29 is 19.0 Å². The first-order valence-electron chi connectivity index (χ1n) is 6.89. The molecule has 21 heavy (non-hydrogen) atoms. The maximum absolute atomic E-state index is 12.2. The lowest BCUT2D eigenvalue weighted by Crippen LogP contribution is -2.39. The van der Waals surface area contributed by atoms with Crippen LogP contribution in [0.5, 0.6) is 5.75 Å². The van der Waals surface area contributed by atoms with E-state index in [1.807, 2.05) is 24.3 Å². The quantitative estimate of drug-likeness (QED) is 0.686. The molecule has 1 amide bonds. The zero-order valence-electron chi connectivity index (χ0n) is 12.7. The molecule has 0 saturated carbocycles. The third-order valence-electron chi connectivity index (χ3n) is 3.03.